The van der Waals surface area contributed by atoms with Gasteiger partial charge in [-0.05, 0) is 30.4 Å². The molecule has 2 aromatic rings. The summed E-state index contributed by atoms with van der Waals surface area (Å²) in [5, 5.41) is 0. The number of sulfonamides is 1. The Morgan fingerprint density at radius 1 is 0.938 bits per heavy atom. The normalized spacial score (nSPS) is 22.0. The van der Waals surface area contributed by atoms with E-state index in [-0.39, 0.29) is 10.8 Å². The van der Waals surface area contributed by atoms with Gasteiger partial charge in [-0.25, -0.2) is 13.4 Å². The molecule has 1 spiro atoms. The van der Waals surface area contributed by atoms with Crippen LogP contribution in [-0.2, 0) is 10.0 Å². The van der Waals surface area contributed by atoms with Crippen molar-refractivity contribution in [3.63, 3.8) is 0 Å². The zero-order valence-electron chi connectivity index (χ0n) is 16.6. The molecule has 0 saturated heterocycles. The summed E-state index contributed by atoms with van der Waals surface area (Å²) < 4.78 is 35.0. The van der Waals surface area contributed by atoms with Crippen molar-refractivity contribution in [2.75, 3.05) is 0 Å². The van der Waals surface area contributed by atoms with E-state index in [0.29, 0.717) is 22.6 Å². The number of amides is 1. The second-order valence-electron chi connectivity index (χ2n) is 7.78. The molecule has 0 fully saturated rings. The standard InChI is InChI=1S/C25H16N2O4S/c28-24-22-17(15-26-24)10-9-16-13-19-6-4-5-18-11-12-20(14-25(18,19)31-23(16)22)27-32(29,30)21-7-2-1-3-8-21/h1-15,27H. The Balaban J connectivity index is 1.46. The Labute approximate surface area is 184 Å². The van der Waals surface area contributed by atoms with Gasteiger partial charge in [0, 0.05) is 34.2 Å². The van der Waals surface area contributed by atoms with E-state index >= 15 is 0 Å². The number of ether oxygens (including phenoxy) is 1. The first-order chi connectivity index (χ1) is 15.5. The number of hydrogen-bond donors (Lipinski definition) is 1. The lowest BCUT2D eigenvalue weighted by molar-refractivity contribution is 0.0998. The Hall–Kier alpha value is -3.97. The van der Waals surface area contributed by atoms with Crippen molar-refractivity contribution in [1.29, 1.82) is 0 Å². The lowest BCUT2D eigenvalue weighted by Crippen LogP contribution is -2.43. The van der Waals surface area contributed by atoms with E-state index in [0.717, 1.165) is 16.7 Å². The van der Waals surface area contributed by atoms with Gasteiger partial charge in [-0.1, -0.05) is 54.6 Å². The number of aliphatic imine (C=N–C) groups is 1. The van der Waals surface area contributed by atoms with Crippen LogP contribution >= 0.6 is 0 Å². The van der Waals surface area contributed by atoms with Crippen LogP contribution < -0.4 is 9.46 Å². The zero-order valence-corrected chi connectivity index (χ0v) is 17.5. The smallest absolute Gasteiger partial charge is 0.281 e. The van der Waals surface area contributed by atoms with E-state index in [1.165, 1.54) is 18.3 Å². The minimum atomic E-state index is -3.77. The van der Waals surface area contributed by atoms with Crippen molar-refractivity contribution in [2.45, 2.75) is 10.5 Å². The van der Waals surface area contributed by atoms with Crippen LogP contribution in [0.1, 0.15) is 21.5 Å². The van der Waals surface area contributed by atoms with Crippen LogP contribution in [0.5, 0.6) is 5.75 Å². The first-order valence-electron chi connectivity index (χ1n) is 10.0. The molecule has 0 radical (unpaired) electrons. The summed E-state index contributed by atoms with van der Waals surface area (Å²) in [4.78, 5) is 16.5. The molecule has 2 aliphatic carbocycles. The van der Waals surface area contributed by atoms with Gasteiger partial charge in [-0.2, -0.15) is 0 Å². The number of hydrogen-bond acceptors (Lipinski definition) is 4. The summed E-state index contributed by atoms with van der Waals surface area (Å²) in [7, 11) is -3.77. The first-order valence-corrected chi connectivity index (χ1v) is 11.5. The number of allylic oxidation sites excluding steroid dienone is 3. The minimum absolute atomic E-state index is 0.169. The second kappa shape index (κ2) is 6.51. The SMILES string of the molecule is O=C1N=Cc2ccc3c(c21)OC12C=C(NS(=O)(=O)c4ccccc4)C=CC1=CC=CC2=C3. The molecule has 1 N–H and O–H groups in total. The molecule has 1 atom stereocenters. The molecule has 2 aromatic carbocycles. The number of nitrogens with zero attached hydrogens (tertiary/aromatic N) is 1. The third-order valence-corrected chi connectivity index (χ3v) is 7.24. The Bertz CT molecular complexity index is 1490. The summed E-state index contributed by atoms with van der Waals surface area (Å²) in [6.45, 7) is 0. The van der Waals surface area contributed by atoms with Crippen LogP contribution in [0.3, 0.4) is 0 Å². The molecule has 4 aliphatic rings. The predicted octanol–water partition coefficient (Wildman–Crippen LogP) is 3.70. The average molecular weight is 440 g/mol. The fourth-order valence-electron chi connectivity index (χ4n) is 4.33. The molecule has 0 bridgehead atoms. The molecule has 7 heteroatoms. The maximum atomic E-state index is 12.9. The summed E-state index contributed by atoms with van der Waals surface area (Å²) in [5.74, 6) is 0.106. The highest BCUT2D eigenvalue weighted by Gasteiger charge is 2.44. The van der Waals surface area contributed by atoms with Crippen LogP contribution in [0.15, 0.2) is 106 Å². The van der Waals surface area contributed by atoms with E-state index in [2.05, 4.69) is 9.71 Å². The van der Waals surface area contributed by atoms with E-state index in [9.17, 15) is 13.2 Å². The Kier molecular flexibility index (Phi) is 3.82. The van der Waals surface area contributed by atoms with Crippen LogP contribution in [-0.4, -0.2) is 26.1 Å². The molecule has 1 unspecified atom stereocenters. The van der Waals surface area contributed by atoms with Gasteiger partial charge in [0.2, 0.25) is 0 Å². The van der Waals surface area contributed by atoms with E-state index < -0.39 is 15.6 Å². The van der Waals surface area contributed by atoms with Crippen molar-refractivity contribution in [2.24, 2.45) is 4.99 Å². The van der Waals surface area contributed by atoms with Crippen LogP contribution in [0, 0.1) is 0 Å². The molecular formula is C25H16N2O4S. The van der Waals surface area contributed by atoms with Gasteiger partial charge < -0.3 is 4.74 Å². The molecule has 6 rings (SSSR count). The van der Waals surface area contributed by atoms with Crippen molar-refractivity contribution in [3.05, 3.63) is 112 Å². The van der Waals surface area contributed by atoms with Crippen molar-refractivity contribution < 1.29 is 17.9 Å². The topological polar surface area (TPSA) is 84.8 Å². The largest absolute Gasteiger partial charge is 0.472 e. The second-order valence-corrected chi connectivity index (χ2v) is 9.46. The summed E-state index contributed by atoms with van der Waals surface area (Å²) in [5.41, 5.74) is 2.92. The van der Waals surface area contributed by atoms with Gasteiger partial charge in [0.25, 0.3) is 15.9 Å². The Morgan fingerprint density at radius 2 is 1.75 bits per heavy atom. The van der Waals surface area contributed by atoms with E-state index in [1.54, 1.807) is 30.4 Å². The average Bonchev–Trinajstić information content (AvgIpc) is 3.18. The van der Waals surface area contributed by atoms with Crippen LogP contribution in [0.4, 0.5) is 0 Å². The molecule has 32 heavy (non-hydrogen) atoms. The number of carbonyl (C=O) groups is 1. The Morgan fingerprint density at radius 3 is 2.59 bits per heavy atom. The predicted molar refractivity (Wildman–Crippen MR) is 121 cm³/mol. The van der Waals surface area contributed by atoms with Crippen molar-refractivity contribution in [1.82, 2.24) is 4.72 Å². The monoisotopic (exact) mass is 440 g/mol. The van der Waals surface area contributed by atoms with Gasteiger partial charge in [0.15, 0.2) is 5.60 Å². The first kappa shape index (κ1) is 18.8. The maximum absolute atomic E-state index is 12.9. The van der Waals surface area contributed by atoms with E-state index in [4.69, 9.17) is 4.74 Å². The highest BCUT2D eigenvalue weighted by molar-refractivity contribution is 7.89. The highest BCUT2D eigenvalue weighted by atomic mass is 32.2. The fraction of sp³-hybridized carbons (Fsp3) is 0.0400. The molecule has 0 saturated carbocycles. The van der Waals surface area contributed by atoms with E-state index in [1.807, 2.05) is 42.5 Å². The maximum Gasteiger partial charge on any atom is 0.281 e. The van der Waals surface area contributed by atoms with Gasteiger partial charge in [-0.15, -0.1) is 0 Å². The van der Waals surface area contributed by atoms with Crippen molar-refractivity contribution >= 4 is 28.2 Å². The van der Waals surface area contributed by atoms with Gasteiger partial charge in [0.1, 0.15) is 5.75 Å². The number of fused-ring (bicyclic) bond motifs is 3. The third kappa shape index (κ3) is 2.68. The number of nitrogens with one attached hydrogen (secondary N) is 1. The van der Waals surface area contributed by atoms with Crippen LogP contribution in [0.25, 0.3) is 6.08 Å². The van der Waals surface area contributed by atoms with Crippen LogP contribution in [0.2, 0.25) is 0 Å². The fourth-order valence-corrected chi connectivity index (χ4v) is 5.40. The van der Waals surface area contributed by atoms with Gasteiger partial charge in [-0.3, -0.25) is 9.52 Å². The lowest BCUT2D eigenvalue weighted by atomic mass is 9.76. The minimum Gasteiger partial charge on any atom is -0.472 e. The van der Waals surface area contributed by atoms with Crippen molar-refractivity contribution in [3.8, 4) is 5.75 Å². The summed E-state index contributed by atoms with van der Waals surface area (Å²) in [6, 6.07) is 11.9. The summed E-state index contributed by atoms with van der Waals surface area (Å²) in [6.07, 6.45) is 14.5. The third-order valence-electron chi connectivity index (χ3n) is 5.85. The molecular weight excluding hydrogens is 424 g/mol. The molecule has 156 valence electrons. The number of benzene rings is 2. The quantitative estimate of drug-likeness (QED) is 0.789. The summed E-state index contributed by atoms with van der Waals surface area (Å²) >= 11 is 0. The molecule has 2 aliphatic heterocycles. The zero-order chi connectivity index (χ0) is 21.9. The van der Waals surface area contributed by atoms with Gasteiger partial charge in [0.05, 0.1) is 10.5 Å². The molecule has 1 amide bonds. The highest BCUT2D eigenvalue weighted by Crippen LogP contribution is 2.47. The number of carbonyl (C=O) groups excluding carboxylic acids is 1. The van der Waals surface area contributed by atoms with Gasteiger partial charge >= 0.3 is 0 Å². The number of rotatable bonds is 3. The molecule has 0 aromatic heterocycles. The molecule has 6 nitrogen and oxygen atoms in total. The lowest BCUT2D eigenvalue weighted by Gasteiger charge is -2.41. The molecule has 2 heterocycles.